The Balaban J connectivity index is 2.60. The lowest BCUT2D eigenvalue weighted by molar-refractivity contribution is 0.0860. The highest BCUT2D eigenvalue weighted by Gasteiger charge is 2.13. The van der Waals surface area contributed by atoms with Gasteiger partial charge in [-0.1, -0.05) is 0 Å². The van der Waals surface area contributed by atoms with Gasteiger partial charge in [0.05, 0.1) is 6.04 Å². The zero-order valence-electron chi connectivity index (χ0n) is 7.84. The summed E-state index contributed by atoms with van der Waals surface area (Å²) in [5.41, 5.74) is 5.68. The fourth-order valence-corrected chi connectivity index (χ4v) is 0.879. The normalized spacial score (nSPS) is 14.5. The van der Waals surface area contributed by atoms with Crippen molar-refractivity contribution in [2.45, 2.75) is 19.2 Å². The molecule has 4 N–H and O–H groups in total. The Labute approximate surface area is 82.0 Å². The van der Waals surface area contributed by atoms with Gasteiger partial charge < -0.3 is 16.2 Å². The molecule has 2 atom stereocenters. The number of hydrogen-bond donors (Lipinski definition) is 3. The Morgan fingerprint density at radius 2 is 2.14 bits per heavy atom. The molecule has 0 aromatic carbocycles. The number of carbonyl (C=O) groups is 1. The van der Waals surface area contributed by atoms with Gasteiger partial charge in [0.15, 0.2) is 0 Å². The molecule has 1 amide bonds. The Hall–Kier alpha value is -1.46. The quantitative estimate of drug-likeness (QED) is 0.566. The number of amides is 1. The largest absolute Gasteiger partial charge is 0.377 e. The van der Waals surface area contributed by atoms with Crippen LogP contribution < -0.4 is 11.1 Å². The van der Waals surface area contributed by atoms with E-state index in [1.54, 1.807) is 19.1 Å². The van der Waals surface area contributed by atoms with Gasteiger partial charge in [0.1, 0.15) is 6.23 Å². The highest BCUT2D eigenvalue weighted by molar-refractivity contribution is 5.94. The lowest BCUT2D eigenvalue weighted by Gasteiger charge is -2.16. The van der Waals surface area contributed by atoms with Crippen molar-refractivity contribution in [3.8, 4) is 0 Å². The minimum Gasteiger partial charge on any atom is -0.377 e. The van der Waals surface area contributed by atoms with Crippen LogP contribution in [0.15, 0.2) is 24.5 Å². The van der Waals surface area contributed by atoms with Crippen LogP contribution in [0.3, 0.4) is 0 Å². The van der Waals surface area contributed by atoms with Gasteiger partial charge in [-0.25, -0.2) is 0 Å². The molecular formula is C9H13N3O2. The molecule has 5 nitrogen and oxygen atoms in total. The maximum absolute atomic E-state index is 11.5. The zero-order chi connectivity index (χ0) is 10.6. The number of nitrogens with one attached hydrogen (secondary N) is 1. The second-order valence-corrected chi connectivity index (χ2v) is 2.99. The van der Waals surface area contributed by atoms with Crippen LogP contribution in [-0.4, -0.2) is 28.3 Å². The molecule has 0 aliphatic rings. The number of pyridine rings is 1. The first-order valence-corrected chi connectivity index (χ1v) is 4.26. The maximum atomic E-state index is 11.5. The Kier molecular flexibility index (Phi) is 3.55. The van der Waals surface area contributed by atoms with Crippen molar-refractivity contribution >= 4 is 5.91 Å². The highest BCUT2D eigenvalue weighted by atomic mass is 16.3. The Morgan fingerprint density at radius 3 is 2.64 bits per heavy atom. The maximum Gasteiger partial charge on any atom is 0.251 e. The minimum atomic E-state index is -1.05. The Bertz CT molecular complexity index is 300. The molecule has 14 heavy (non-hydrogen) atoms. The van der Waals surface area contributed by atoms with Gasteiger partial charge in [0, 0.05) is 18.0 Å². The summed E-state index contributed by atoms with van der Waals surface area (Å²) < 4.78 is 0. The van der Waals surface area contributed by atoms with Crippen molar-refractivity contribution in [3.05, 3.63) is 30.1 Å². The van der Waals surface area contributed by atoms with Crippen molar-refractivity contribution in [1.82, 2.24) is 10.3 Å². The lowest BCUT2D eigenvalue weighted by atomic mass is 10.2. The monoisotopic (exact) mass is 195 g/mol. The fourth-order valence-electron chi connectivity index (χ4n) is 0.879. The summed E-state index contributed by atoms with van der Waals surface area (Å²) in [6, 6.07) is 2.70. The van der Waals surface area contributed by atoms with Gasteiger partial charge in [-0.15, -0.1) is 0 Å². The molecule has 0 fully saturated rings. The third kappa shape index (κ3) is 2.79. The highest BCUT2D eigenvalue weighted by Crippen LogP contribution is 1.97. The van der Waals surface area contributed by atoms with Crippen molar-refractivity contribution in [2.24, 2.45) is 5.73 Å². The number of carbonyl (C=O) groups excluding carboxylic acids is 1. The number of aliphatic hydroxyl groups excluding tert-OH is 1. The van der Waals surface area contributed by atoms with E-state index in [9.17, 15) is 4.79 Å². The van der Waals surface area contributed by atoms with E-state index < -0.39 is 12.3 Å². The second kappa shape index (κ2) is 4.69. The van der Waals surface area contributed by atoms with E-state index in [4.69, 9.17) is 10.8 Å². The first-order valence-electron chi connectivity index (χ1n) is 4.26. The number of hydrogen-bond acceptors (Lipinski definition) is 4. The van der Waals surface area contributed by atoms with Gasteiger partial charge in [0.25, 0.3) is 5.91 Å². The van der Waals surface area contributed by atoms with E-state index in [-0.39, 0.29) is 5.91 Å². The number of rotatable bonds is 3. The molecule has 1 aromatic rings. The summed E-state index contributed by atoms with van der Waals surface area (Å²) in [5, 5.41) is 11.5. The molecule has 0 spiro atoms. The van der Waals surface area contributed by atoms with E-state index in [0.717, 1.165) is 0 Å². The lowest BCUT2D eigenvalue weighted by Crippen LogP contribution is -2.45. The van der Waals surface area contributed by atoms with Crippen molar-refractivity contribution in [1.29, 1.82) is 0 Å². The summed E-state index contributed by atoms with van der Waals surface area (Å²) in [6.45, 7) is 1.63. The molecular weight excluding hydrogens is 182 g/mol. The van der Waals surface area contributed by atoms with Crippen LogP contribution in [0.25, 0.3) is 0 Å². The molecule has 0 aliphatic carbocycles. The molecule has 0 saturated carbocycles. The number of aromatic nitrogens is 1. The smallest absolute Gasteiger partial charge is 0.251 e. The molecule has 1 unspecified atom stereocenters. The summed E-state index contributed by atoms with van der Waals surface area (Å²) >= 11 is 0. The summed E-state index contributed by atoms with van der Waals surface area (Å²) in [7, 11) is 0. The first kappa shape index (κ1) is 10.6. The molecule has 1 aromatic heterocycles. The molecule has 0 saturated heterocycles. The van der Waals surface area contributed by atoms with Gasteiger partial charge in [-0.2, -0.15) is 0 Å². The summed E-state index contributed by atoms with van der Waals surface area (Å²) in [4.78, 5) is 15.2. The predicted octanol–water partition coefficient (Wildman–Crippen LogP) is -0.523. The van der Waals surface area contributed by atoms with Crippen LogP contribution in [0, 0.1) is 0 Å². The first-order chi connectivity index (χ1) is 6.61. The molecule has 5 heteroatoms. The third-order valence-electron chi connectivity index (χ3n) is 1.81. The topological polar surface area (TPSA) is 88.2 Å². The van der Waals surface area contributed by atoms with E-state index in [1.165, 1.54) is 12.4 Å². The summed E-state index contributed by atoms with van der Waals surface area (Å²) in [6.07, 6.45) is 2.00. The Morgan fingerprint density at radius 1 is 1.57 bits per heavy atom. The van der Waals surface area contributed by atoms with Gasteiger partial charge >= 0.3 is 0 Å². The van der Waals surface area contributed by atoms with E-state index >= 15 is 0 Å². The van der Waals surface area contributed by atoms with Crippen molar-refractivity contribution in [2.75, 3.05) is 0 Å². The average Bonchev–Trinajstić information content (AvgIpc) is 2.19. The van der Waals surface area contributed by atoms with Crippen LogP contribution >= 0.6 is 0 Å². The van der Waals surface area contributed by atoms with Gasteiger partial charge in [0.2, 0.25) is 0 Å². The molecule has 0 aliphatic heterocycles. The van der Waals surface area contributed by atoms with Gasteiger partial charge in [-0.3, -0.25) is 9.78 Å². The molecule has 0 bridgehead atoms. The molecule has 1 rings (SSSR count). The second-order valence-electron chi connectivity index (χ2n) is 2.99. The average molecular weight is 195 g/mol. The van der Waals surface area contributed by atoms with E-state index in [1.807, 2.05) is 0 Å². The van der Waals surface area contributed by atoms with Crippen LogP contribution in [0.1, 0.15) is 17.3 Å². The fraction of sp³-hybridized carbons (Fsp3) is 0.333. The number of aliphatic hydroxyl groups is 1. The van der Waals surface area contributed by atoms with Gasteiger partial charge in [-0.05, 0) is 19.1 Å². The van der Waals surface area contributed by atoms with Crippen LogP contribution in [0.4, 0.5) is 0 Å². The molecule has 76 valence electrons. The van der Waals surface area contributed by atoms with E-state index in [2.05, 4.69) is 10.3 Å². The third-order valence-corrected chi connectivity index (χ3v) is 1.81. The zero-order valence-corrected chi connectivity index (χ0v) is 7.84. The van der Waals surface area contributed by atoms with Crippen molar-refractivity contribution in [3.63, 3.8) is 0 Å². The molecule has 0 radical (unpaired) electrons. The number of nitrogens with zero attached hydrogens (tertiary/aromatic N) is 1. The van der Waals surface area contributed by atoms with Crippen LogP contribution in [0.5, 0.6) is 0 Å². The van der Waals surface area contributed by atoms with E-state index in [0.29, 0.717) is 5.56 Å². The predicted molar refractivity (Wildman–Crippen MR) is 51.4 cm³/mol. The SMILES string of the molecule is C[C@H](NC(=O)c1ccncc1)C(N)O. The minimum absolute atomic E-state index is 0.274. The van der Waals surface area contributed by atoms with Crippen LogP contribution in [0.2, 0.25) is 0 Å². The number of nitrogens with two attached hydrogens (primary N) is 1. The van der Waals surface area contributed by atoms with Crippen LogP contribution in [-0.2, 0) is 0 Å². The molecule has 1 heterocycles. The standard InChI is InChI=1S/C9H13N3O2/c1-6(8(10)13)12-9(14)7-2-4-11-5-3-7/h2-6,8,13H,10H2,1H3,(H,12,14)/t6-,8?/m0/s1. The van der Waals surface area contributed by atoms with Crippen molar-refractivity contribution < 1.29 is 9.90 Å². The summed E-state index contributed by atoms with van der Waals surface area (Å²) in [5.74, 6) is -0.274.